The Hall–Kier alpha value is -1.12. The van der Waals surface area contributed by atoms with E-state index in [-0.39, 0.29) is 12.4 Å². The van der Waals surface area contributed by atoms with Crippen molar-refractivity contribution in [2.75, 3.05) is 12.4 Å². The lowest BCUT2D eigenvalue weighted by Gasteiger charge is -2.07. The molecule has 1 aromatic heterocycles. The topological polar surface area (TPSA) is 90.2 Å². The Labute approximate surface area is 103 Å². The van der Waals surface area contributed by atoms with Crippen LogP contribution in [0.4, 0.5) is 0 Å². The highest BCUT2D eigenvalue weighted by Crippen LogP contribution is 1.99. The number of rotatable bonds is 4. The van der Waals surface area contributed by atoms with Crippen molar-refractivity contribution < 1.29 is 8.42 Å². The van der Waals surface area contributed by atoms with Gasteiger partial charge in [0.15, 0.2) is 4.90 Å². The molecule has 0 aliphatic carbocycles. The van der Waals surface area contributed by atoms with E-state index in [0.29, 0.717) is 0 Å². The highest BCUT2D eigenvalue weighted by Gasteiger charge is 2.20. The van der Waals surface area contributed by atoms with Crippen molar-refractivity contribution in [2.24, 2.45) is 14.1 Å². The number of hydrogen-bond donors (Lipinski definition) is 1. The molecule has 0 atom stereocenters. The maximum Gasteiger partial charge on any atom is 0.330 e. The van der Waals surface area contributed by atoms with Gasteiger partial charge in [-0.2, -0.15) is 0 Å². The molecule has 0 spiro atoms. The number of alkyl halides is 1. The number of aryl methyl sites for hydroxylation is 1. The second-order valence-corrected chi connectivity index (χ2v) is 5.45. The van der Waals surface area contributed by atoms with Crippen LogP contribution < -0.4 is 16.0 Å². The van der Waals surface area contributed by atoms with Gasteiger partial charge >= 0.3 is 5.69 Å². The van der Waals surface area contributed by atoms with Gasteiger partial charge in [-0.3, -0.25) is 9.36 Å². The summed E-state index contributed by atoms with van der Waals surface area (Å²) >= 11 is 5.36. The molecule has 7 nitrogen and oxygen atoms in total. The third-order valence-electron chi connectivity index (χ3n) is 2.09. The molecule has 9 heteroatoms. The molecule has 0 aliphatic rings. The van der Waals surface area contributed by atoms with Gasteiger partial charge in [0.05, 0.1) is 0 Å². The Morgan fingerprint density at radius 3 is 2.47 bits per heavy atom. The van der Waals surface area contributed by atoms with Crippen LogP contribution in [0.5, 0.6) is 0 Å². The Morgan fingerprint density at radius 2 is 1.94 bits per heavy atom. The smallest absolute Gasteiger partial charge is 0.302 e. The average molecular weight is 282 g/mol. The molecule has 1 heterocycles. The van der Waals surface area contributed by atoms with Crippen LogP contribution >= 0.6 is 11.6 Å². The Bertz CT molecular complexity index is 631. The number of sulfonamides is 1. The minimum absolute atomic E-state index is 0.00981. The summed E-state index contributed by atoms with van der Waals surface area (Å²) in [6, 6.07) is 0. The Kier molecular flexibility index (Phi) is 4.12. The average Bonchev–Trinajstić information content (AvgIpc) is 2.28. The van der Waals surface area contributed by atoms with Crippen LogP contribution in [-0.2, 0) is 24.1 Å². The van der Waals surface area contributed by atoms with Gasteiger partial charge in [0.2, 0.25) is 10.0 Å². The van der Waals surface area contributed by atoms with Gasteiger partial charge in [-0.25, -0.2) is 17.9 Å². The molecule has 0 bridgehead atoms. The van der Waals surface area contributed by atoms with Crippen LogP contribution in [0.25, 0.3) is 0 Å². The lowest BCUT2D eigenvalue weighted by atomic mass is 10.6. The molecule has 1 aromatic rings. The van der Waals surface area contributed by atoms with E-state index in [9.17, 15) is 18.0 Å². The maximum atomic E-state index is 11.7. The summed E-state index contributed by atoms with van der Waals surface area (Å²) in [5.41, 5.74) is -1.46. The van der Waals surface area contributed by atoms with E-state index < -0.39 is 26.2 Å². The fourth-order valence-electron chi connectivity index (χ4n) is 1.21. The second kappa shape index (κ2) is 5.03. The molecule has 0 radical (unpaired) electrons. The Balaban J connectivity index is 3.44. The summed E-state index contributed by atoms with van der Waals surface area (Å²) < 4.78 is 27.4. The van der Waals surface area contributed by atoms with E-state index in [1.54, 1.807) is 0 Å². The molecule has 17 heavy (non-hydrogen) atoms. The predicted octanol–water partition coefficient (Wildman–Crippen LogP) is -1.40. The minimum atomic E-state index is -3.94. The van der Waals surface area contributed by atoms with Crippen molar-refractivity contribution in [1.29, 1.82) is 0 Å². The molecule has 0 fully saturated rings. The van der Waals surface area contributed by atoms with Gasteiger partial charge in [-0.1, -0.05) is 0 Å². The van der Waals surface area contributed by atoms with E-state index in [1.807, 2.05) is 0 Å². The number of nitrogens with zero attached hydrogens (tertiary/aromatic N) is 2. The van der Waals surface area contributed by atoms with Crippen molar-refractivity contribution in [2.45, 2.75) is 4.90 Å². The van der Waals surface area contributed by atoms with Gasteiger partial charge in [0.1, 0.15) is 0 Å². The Morgan fingerprint density at radius 1 is 1.35 bits per heavy atom. The molecule has 0 amide bonds. The lowest BCUT2D eigenvalue weighted by Crippen LogP contribution is -2.41. The lowest BCUT2D eigenvalue weighted by molar-refractivity contribution is 0.573. The summed E-state index contributed by atoms with van der Waals surface area (Å²) in [6.07, 6.45) is 0.987. The number of halogens is 1. The summed E-state index contributed by atoms with van der Waals surface area (Å²) in [5.74, 6) is 0.0886. The van der Waals surface area contributed by atoms with Crippen molar-refractivity contribution in [3.63, 3.8) is 0 Å². The summed E-state index contributed by atoms with van der Waals surface area (Å²) in [4.78, 5) is 22.5. The van der Waals surface area contributed by atoms with Gasteiger partial charge in [-0.05, 0) is 0 Å². The third kappa shape index (κ3) is 2.76. The highest BCUT2D eigenvalue weighted by molar-refractivity contribution is 7.89. The van der Waals surface area contributed by atoms with Crippen molar-refractivity contribution in [3.8, 4) is 0 Å². The summed E-state index contributed by atoms with van der Waals surface area (Å²) in [6.45, 7) is 0.00981. The number of hydrogen-bond acceptors (Lipinski definition) is 4. The fraction of sp³-hybridized carbons (Fsp3) is 0.500. The van der Waals surface area contributed by atoms with Crippen LogP contribution in [0.15, 0.2) is 20.7 Å². The first-order chi connectivity index (χ1) is 7.81. The molecule has 0 saturated heterocycles. The molecule has 0 saturated carbocycles. The van der Waals surface area contributed by atoms with Crippen LogP contribution in [0.3, 0.4) is 0 Å². The van der Waals surface area contributed by atoms with Gasteiger partial charge < -0.3 is 4.57 Å². The fourth-order valence-corrected chi connectivity index (χ4v) is 2.61. The molecule has 1 N–H and O–H groups in total. The zero-order valence-corrected chi connectivity index (χ0v) is 10.9. The summed E-state index contributed by atoms with van der Waals surface area (Å²) in [7, 11) is -1.37. The van der Waals surface area contributed by atoms with E-state index in [1.165, 1.54) is 14.1 Å². The first-order valence-corrected chi connectivity index (χ1v) is 6.65. The molecule has 0 unspecified atom stereocenters. The monoisotopic (exact) mass is 281 g/mol. The highest BCUT2D eigenvalue weighted by atomic mass is 35.5. The minimum Gasteiger partial charge on any atom is -0.302 e. The van der Waals surface area contributed by atoms with Gasteiger partial charge in [0.25, 0.3) is 5.56 Å². The van der Waals surface area contributed by atoms with Crippen LogP contribution in [0.1, 0.15) is 0 Å². The van der Waals surface area contributed by atoms with Crippen molar-refractivity contribution in [3.05, 3.63) is 27.0 Å². The largest absolute Gasteiger partial charge is 0.330 e. The zero-order valence-electron chi connectivity index (χ0n) is 9.31. The first-order valence-electron chi connectivity index (χ1n) is 4.63. The molecule has 96 valence electrons. The van der Waals surface area contributed by atoms with Crippen molar-refractivity contribution >= 4 is 21.6 Å². The van der Waals surface area contributed by atoms with Crippen molar-refractivity contribution in [1.82, 2.24) is 13.9 Å². The van der Waals surface area contributed by atoms with Crippen LogP contribution in [0, 0.1) is 0 Å². The summed E-state index contributed by atoms with van der Waals surface area (Å²) in [5, 5.41) is 0. The van der Waals surface area contributed by atoms with Gasteiger partial charge in [0, 0.05) is 32.7 Å². The standard InChI is InChI=1S/C8H12ClN3O4S/c1-11-5-6(7(13)12(2)8(11)14)17(15,16)10-4-3-9/h5,10H,3-4H2,1-2H3. The van der Waals surface area contributed by atoms with E-state index in [0.717, 1.165) is 15.3 Å². The molecular weight excluding hydrogens is 270 g/mol. The van der Waals surface area contributed by atoms with E-state index in [2.05, 4.69) is 4.72 Å². The predicted molar refractivity (Wildman–Crippen MR) is 62.8 cm³/mol. The maximum absolute atomic E-state index is 11.7. The third-order valence-corrected chi connectivity index (χ3v) is 3.72. The quantitative estimate of drug-likeness (QED) is 0.688. The van der Waals surface area contributed by atoms with E-state index >= 15 is 0 Å². The number of aromatic nitrogens is 2. The zero-order chi connectivity index (χ0) is 13.2. The number of nitrogens with one attached hydrogen (secondary N) is 1. The molecular formula is C8H12ClN3O4S. The first kappa shape index (κ1) is 13.9. The van der Waals surface area contributed by atoms with Gasteiger partial charge in [-0.15, -0.1) is 11.6 Å². The SMILES string of the molecule is Cn1cc(S(=O)(=O)NCCCl)c(=O)n(C)c1=O. The molecule has 0 aromatic carbocycles. The molecule has 0 aliphatic heterocycles. The van der Waals surface area contributed by atoms with E-state index in [4.69, 9.17) is 11.6 Å². The second-order valence-electron chi connectivity index (χ2n) is 3.34. The van der Waals surface area contributed by atoms with Crippen LogP contribution in [-0.4, -0.2) is 30.0 Å². The molecule has 1 rings (SSSR count). The van der Waals surface area contributed by atoms with Crippen LogP contribution in [0.2, 0.25) is 0 Å². The normalized spacial score (nSPS) is 11.7.